The number of amides is 1. The van der Waals surface area contributed by atoms with Gasteiger partial charge in [-0.2, -0.15) is 5.10 Å². The van der Waals surface area contributed by atoms with Crippen molar-refractivity contribution in [1.29, 1.82) is 0 Å². The van der Waals surface area contributed by atoms with Crippen LogP contribution < -0.4 is 15.6 Å². The van der Waals surface area contributed by atoms with Gasteiger partial charge in [0, 0.05) is 23.2 Å². The average molecular weight is 355 g/mol. The third-order valence-electron chi connectivity index (χ3n) is 3.72. The molecular weight excluding hydrogens is 341 g/mol. The Kier molecular flexibility index (Phi) is 4.66. The lowest BCUT2D eigenvalue weighted by Gasteiger charge is -2.04. The van der Waals surface area contributed by atoms with Crippen LogP contribution in [0.3, 0.4) is 0 Å². The fourth-order valence-electron chi connectivity index (χ4n) is 2.36. The molecule has 2 aromatic carbocycles. The van der Waals surface area contributed by atoms with E-state index in [0.29, 0.717) is 11.3 Å². The number of carbonyl (C=O) groups excluding carboxylic acids is 1. The monoisotopic (exact) mass is 355 g/mol. The van der Waals surface area contributed by atoms with Crippen molar-refractivity contribution in [3.05, 3.63) is 69.8 Å². The summed E-state index contributed by atoms with van der Waals surface area (Å²) in [5.74, 6) is -0.957. The summed E-state index contributed by atoms with van der Waals surface area (Å²) in [6.45, 7) is 0. The van der Waals surface area contributed by atoms with Gasteiger partial charge >= 0.3 is 0 Å². The number of hydrogen-bond acceptors (Lipinski definition) is 5. The predicted molar refractivity (Wildman–Crippen MR) is 94.2 cm³/mol. The fraction of sp³-hybridized carbons (Fsp3) is 0.0556. The topological polar surface area (TPSA) is 104 Å². The van der Waals surface area contributed by atoms with Crippen LogP contribution in [0.5, 0.6) is 11.5 Å². The Balaban J connectivity index is 1.82. The average Bonchev–Trinajstić information content (AvgIpc) is 2.64. The van der Waals surface area contributed by atoms with Crippen LogP contribution in [0, 0.1) is 5.82 Å². The summed E-state index contributed by atoms with van der Waals surface area (Å²) >= 11 is 0. The van der Waals surface area contributed by atoms with Crippen LogP contribution >= 0.6 is 0 Å². The molecule has 0 saturated heterocycles. The lowest BCUT2D eigenvalue weighted by atomic mass is 10.1. The molecule has 0 aliphatic carbocycles. The van der Waals surface area contributed by atoms with Gasteiger partial charge in [0.15, 0.2) is 0 Å². The van der Waals surface area contributed by atoms with Crippen molar-refractivity contribution in [2.45, 2.75) is 0 Å². The molecule has 0 atom stereocenters. The second-order valence-corrected chi connectivity index (χ2v) is 5.32. The van der Waals surface area contributed by atoms with Crippen molar-refractivity contribution >= 4 is 23.0 Å². The van der Waals surface area contributed by atoms with Gasteiger partial charge in [-0.3, -0.25) is 9.59 Å². The van der Waals surface area contributed by atoms with E-state index in [4.69, 9.17) is 4.74 Å². The molecule has 0 aliphatic rings. The number of fused-ring (bicyclic) bond motifs is 1. The highest BCUT2D eigenvalue weighted by molar-refractivity contribution is 5.97. The van der Waals surface area contributed by atoms with E-state index in [1.54, 1.807) is 12.1 Å². The number of hydrazone groups is 1. The summed E-state index contributed by atoms with van der Waals surface area (Å²) in [5.41, 5.74) is 1.75. The van der Waals surface area contributed by atoms with Crippen LogP contribution in [0.1, 0.15) is 15.9 Å². The van der Waals surface area contributed by atoms with Gasteiger partial charge in [-0.25, -0.2) is 9.82 Å². The number of hydrogen-bond donors (Lipinski definition) is 3. The quantitative estimate of drug-likeness (QED) is 0.493. The van der Waals surface area contributed by atoms with Crippen LogP contribution in [0.25, 0.3) is 10.9 Å². The number of methoxy groups -OCH3 is 1. The number of rotatable bonds is 4. The second-order valence-electron chi connectivity index (χ2n) is 5.32. The standard InChI is InChI=1S/C18H14FN3O4/c1-26-11-6-5-10(15(23)7-11)8-21-22-18(25)13-9-20-16-12(17(13)24)3-2-4-14(16)19/h2-9,23H,1H3,(H,20,24)(H,22,25)/b21-8+. The number of pyridine rings is 1. The Labute approximate surface area is 146 Å². The molecule has 0 aliphatic heterocycles. The number of aromatic nitrogens is 1. The summed E-state index contributed by atoms with van der Waals surface area (Å²) in [7, 11) is 1.47. The third kappa shape index (κ3) is 3.25. The molecule has 0 fully saturated rings. The number of nitrogens with one attached hydrogen (secondary N) is 2. The number of aromatic amines is 1. The van der Waals surface area contributed by atoms with Gasteiger partial charge in [0.1, 0.15) is 22.9 Å². The van der Waals surface area contributed by atoms with E-state index in [9.17, 15) is 19.1 Å². The SMILES string of the molecule is COc1ccc(/C=N/NC(=O)c2c[nH]c3c(F)cccc3c2=O)c(O)c1. The first kappa shape index (κ1) is 17.2. The van der Waals surface area contributed by atoms with Crippen molar-refractivity contribution in [1.82, 2.24) is 10.4 Å². The molecule has 0 unspecified atom stereocenters. The largest absolute Gasteiger partial charge is 0.507 e. The van der Waals surface area contributed by atoms with Crippen molar-refractivity contribution in [3.8, 4) is 11.5 Å². The predicted octanol–water partition coefficient (Wildman–Crippen LogP) is 2.15. The highest BCUT2D eigenvalue weighted by Gasteiger charge is 2.14. The highest BCUT2D eigenvalue weighted by atomic mass is 19.1. The molecule has 132 valence electrons. The Morgan fingerprint density at radius 3 is 2.88 bits per heavy atom. The number of aromatic hydroxyl groups is 1. The lowest BCUT2D eigenvalue weighted by molar-refractivity contribution is 0.0954. The highest BCUT2D eigenvalue weighted by Crippen LogP contribution is 2.21. The molecule has 0 saturated carbocycles. The third-order valence-corrected chi connectivity index (χ3v) is 3.72. The number of phenols is 1. The van der Waals surface area contributed by atoms with Crippen LogP contribution in [-0.2, 0) is 0 Å². The van der Waals surface area contributed by atoms with Crippen molar-refractivity contribution in [2.24, 2.45) is 5.10 Å². The molecule has 1 amide bonds. The Morgan fingerprint density at radius 1 is 1.35 bits per heavy atom. The molecule has 0 bridgehead atoms. The van der Waals surface area contributed by atoms with E-state index in [-0.39, 0.29) is 22.2 Å². The Hall–Kier alpha value is -3.68. The summed E-state index contributed by atoms with van der Waals surface area (Å²) in [5, 5.41) is 13.6. The summed E-state index contributed by atoms with van der Waals surface area (Å²) < 4.78 is 18.6. The minimum atomic E-state index is -0.762. The summed E-state index contributed by atoms with van der Waals surface area (Å²) in [6.07, 6.45) is 2.35. The minimum absolute atomic E-state index is 0.0284. The van der Waals surface area contributed by atoms with Gasteiger partial charge in [-0.1, -0.05) is 6.07 Å². The zero-order valence-electron chi connectivity index (χ0n) is 13.6. The number of ether oxygens (including phenoxy) is 1. The molecule has 1 heterocycles. The molecule has 0 spiro atoms. The number of carbonyl (C=O) groups is 1. The molecule has 3 N–H and O–H groups in total. The molecule has 8 heteroatoms. The Morgan fingerprint density at radius 2 is 2.15 bits per heavy atom. The van der Waals surface area contributed by atoms with E-state index < -0.39 is 17.2 Å². The molecule has 1 aromatic heterocycles. The van der Waals surface area contributed by atoms with Gasteiger partial charge in [0.25, 0.3) is 5.91 Å². The van der Waals surface area contributed by atoms with E-state index in [1.165, 1.54) is 37.6 Å². The van der Waals surface area contributed by atoms with Crippen LogP contribution in [0.15, 0.2) is 52.5 Å². The number of phenolic OH excluding ortho intramolecular Hbond substituents is 1. The molecule has 3 aromatic rings. The maximum atomic E-state index is 13.7. The molecule has 26 heavy (non-hydrogen) atoms. The normalized spacial score (nSPS) is 11.0. The summed E-state index contributed by atoms with van der Waals surface area (Å²) in [4.78, 5) is 27.1. The number of nitrogens with zero attached hydrogens (tertiary/aromatic N) is 1. The molecular formula is C18H14FN3O4. The minimum Gasteiger partial charge on any atom is -0.507 e. The van der Waals surface area contributed by atoms with E-state index in [0.717, 1.165) is 6.20 Å². The number of H-pyrrole nitrogens is 1. The first-order chi connectivity index (χ1) is 12.5. The van der Waals surface area contributed by atoms with Gasteiger partial charge in [0.2, 0.25) is 5.43 Å². The van der Waals surface area contributed by atoms with Crippen molar-refractivity contribution in [2.75, 3.05) is 7.11 Å². The van der Waals surface area contributed by atoms with Crippen molar-refractivity contribution in [3.63, 3.8) is 0 Å². The van der Waals surface area contributed by atoms with Gasteiger partial charge in [-0.15, -0.1) is 0 Å². The van der Waals surface area contributed by atoms with Crippen LogP contribution in [0.4, 0.5) is 4.39 Å². The van der Waals surface area contributed by atoms with Gasteiger partial charge in [-0.05, 0) is 24.3 Å². The maximum Gasteiger partial charge on any atom is 0.276 e. The number of benzene rings is 2. The van der Waals surface area contributed by atoms with Gasteiger partial charge < -0.3 is 14.8 Å². The molecule has 0 radical (unpaired) electrons. The lowest BCUT2D eigenvalue weighted by Crippen LogP contribution is -2.25. The van der Waals surface area contributed by atoms with E-state index >= 15 is 0 Å². The number of para-hydroxylation sites is 1. The first-order valence-electron chi connectivity index (χ1n) is 7.51. The zero-order chi connectivity index (χ0) is 18.7. The fourth-order valence-corrected chi connectivity index (χ4v) is 2.36. The second kappa shape index (κ2) is 7.06. The molecule has 3 rings (SSSR count). The molecule has 7 nitrogen and oxygen atoms in total. The van der Waals surface area contributed by atoms with Gasteiger partial charge in [0.05, 0.1) is 18.8 Å². The van der Waals surface area contributed by atoms with Crippen LogP contribution in [0.2, 0.25) is 0 Å². The first-order valence-corrected chi connectivity index (χ1v) is 7.51. The summed E-state index contributed by atoms with van der Waals surface area (Å²) in [6, 6.07) is 8.59. The van der Waals surface area contributed by atoms with Crippen molar-refractivity contribution < 1.29 is 19.0 Å². The smallest absolute Gasteiger partial charge is 0.276 e. The Bertz CT molecular complexity index is 1080. The van der Waals surface area contributed by atoms with Crippen LogP contribution in [-0.4, -0.2) is 29.3 Å². The van der Waals surface area contributed by atoms with E-state index in [2.05, 4.69) is 15.5 Å². The van der Waals surface area contributed by atoms with E-state index in [1.807, 2.05) is 0 Å². The zero-order valence-corrected chi connectivity index (χ0v) is 13.6. The maximum absolute atomic E-state index is 13.7. The number of halogens is 1.